The first-order chi connectivity index (χ1) is 13.5. The van der Waals surface area contributed by atoms with Crippen LogP contribution in [0.1, 0.15) is 5.56 Å². The molecule has 1 saturated heterocycles. The number of carbonyl (C=O) groups is 3. The lowest BCUT2D eigenvalue weighted by atomic mass is 10.2. The van der Waals surface area contributed by atoms with Gasteiger partial charge in [-0.2, -0.15) is 0 Å². The summed E-state index contributed by atoms with van der Waals surface area (Å²) in [5.74, 6) is -0.144. The summed E-state index contributed by atoms with van der Waals surface area (Å²) < 4.78 is 15.2. The van der Waals surface area contributed by atoms with Crippen LogP contribution in [0.25, 0.3) is 6.08 Å². The number of imide groups is 1. The van der Waals surface area contributed by atoms with Gasteiger partial charge in [-0.25, -0.2) is 9.69 Å². The van der Waals surface area contributed by atoms with Crippen LogP contribution in [0.4, 0.5) is 10.5 Å². The maximum atomic E-state index is 12.7. The number of nitrogens with zero attached hydrogens (tertiary/aromatic N) is 1. The van der Waals surface area contributed by atoms with E-state index in [1.807, 2.05) is 6.07 Å². The Kier molecular flexibility index (Phi) is 6.00. The predicted octanol–water partition coefficient (Wildman–Crippen LogP) is 3.49. The average molecular weight is 399 g/mol. The van der Waals surface area contributed by atoms with E-state index in [0.717, 1.165) is 16.7 Å². The van der Waals surface area contributed by atoms with Gasteiger partial charge in [-0.15, -0.1) is 0 Å². The first kappa shape index (κ1) is 19.5. The molecule has 0 aromatic heterocycles. The number of thioether (sulfide) groups is 1. The van der Waals surface area contributed by atoms with Crippen molar-refractivity contribution in [2.45, 2.75) is 0 Å². The van der Waals surface area contributed by atoms with Crippen molar-refractivity contribution in [1.29, 1.82) is 0 Å². The molecule has 2 amide bonds. The molecule has 1 aliphatic heterocycles. The van der Waals surface area contributed by atoms with Gasteiger partial charge in [-0.05, 0) is 47.7 Å². The van der Waals surface area contributed by atoms with Crippen molar-refractivity contribution in [2.24, 2.45) is 0 Å². The molecule has 0 N–H and O–H groups in total. The van der Waals surface area contributed by atoms with E-state index in [1.165, 1.54) is 14.2 Å². The lowest BCUT2D eigenvalue weighted by Gasteiger charge is -2.12. The Labute approximate surface area is 165 Å². The summed E-state index contributed by atoms with van der Waals surface area (Å²) in [6, 6.07) is 13.7. The quantitative estimate of drug-likeness (QED) is 0.543. The number of hydrogen-bond donors (Lipinski definition) is 0. The molecule has 28 heavy (non-hydrogen) atoms. The summed E-state index contributed by atoms with van der Waals surface area (Å²) in [5.41, 5.74) is 1.18. The molecule has 8 heteroatoms. The summed E-state index contributed by atoms with van der Waals surface area (Å²) in [7, 11) is 2.74. The Morgan fingerprint density at radius 3 is 2.50 bits per heavy atom. The number of methoxy groups -OCH3 is 2. The topological polar surface area (TPSA) is 82.1 Å². The highest BCUT2D eigenvalue weighted by Crippen LogP contribution is 2.36. The largest absolute Gasteiger partial charge is 0.493 e. The van der Waals surface area contributed by atoms with E-state index in [9.17, 15) is 14.4 Å². The fourth-order valence-electron chi connectivity index (χ4n) is 2.51. The van der Waals surface area contributed by atoms with Crippen LogP contribution in [0.15, 0.2) is 53.4 Å². The molecule has 1 heterocycles. The van der Waals surface area contributed by atoms with E-state index < -0.39 is 5.97 Å². The van der Waals surface area contributed by atoms with Gasteiger partial charge < -0.3 is 14.2 Å². The number of benzene rings is 2. The molecule has 1 aliphatic rings. The van der Waals surface area contributed by atoms with Crippen molar-refractivity contribution in [2.75, 3.05) is 25.7 Å². The Bertz CT molecular complexity index is 941. The molecule has 0 atom stereocenters. The van der Waals surface area contributed by atoms with Crippen LogP contribution in [0.2, 0.25) is 0 Å². The maximum Gasteiger partial charge on any atom is 0.343 e. The third-order valence-corrected chi connectivity index (χ3v) is 4.74. The molecule has 0 bridgehead atoms. The zero-order valence-electron chi connectivity index (χ0n) is 15.2. The zero-order valence-corrected chi connectivity index (χ0v) is 16.0. The van der Waals surface area contributed by atoms with E-state index in [-0.39, 0.29) is 17.8 Å². The highest BCUT2D eigenvalue weighted by molar-refractivity contribution is 8.19. The first-order valence-corrected chi connectivity index (χ1v) is 9.06. The smallest absolute Gasteiger partial charge is 0.343 e. The van der Waals surface area contributed by atoms with Crippen LogP contribution in [-0.4, -0.2) is 37.9 Å². The van der Waals surface area contributed by atoms with Crippen LogP contribution in [0, 0.1) is 0 Å². The minimum Gasteiger partial charge on any atom is -0.493 e. The van der Waals surface area contributed by atoms with Crippen LogP contribution < -0.4 is 14.4 Å². The number of carbonyl (C=O) groups excluding carboxylic acids is 3. The van der Waals surface area contributed by atoms with E-state index >= 15 is 0 Å². The SMILES string of the molecule is COC(=O)COc1ccc(/C=C2\SC(=O)N(c3ccccc3)C2=O)cc1OC. The molecule has 144 valence electrons. The summed E-state index contributed by atoms with van der Waals surface area (Å²) in [6.45, 7) is -0.248. The van der Waals surface area contributed by atoms with Crippen molar-refractivity contribution < 1.29 is 28.6 Å². The highest BCUT2D eigenvalue weighted by Gasteiger charge is 2.36. The zero-order chi connectivity index (χ0) is 20.1. The minimum atomic E-state index is -0.513. The maximum absolute atomic E-state index is 12.7. The van der Waals surface area contributed by atoms with Crippen molar-refractivity contribution in [3.63, 3.8) is 0 Å². The number of anilines is 1. The molecule has 7 nitrogen and oxygen atoms in total. The van der Waals surface area contributed by atoms with Crippen LogP contribution in [0.3, 0.4) is 0 Å². The van der Waals surface area contributed by atoms with Gasteiger partial charge in [0.1, 0.15) is 0 Å². The van der Waals surface area contributed by atoms with Crippen molar-refractivity contribution >= 4 is 40.6 Å². The highest BCUT2D eigenvalue weighted by atomic mass is 32.2. The minimum absolute atomic E-state index is 0.248. The molecule has 3 rings (SSSR count). The van der Waals surface area contributed by atoms with Crippen molar-refractivity contribution in [3.8, 4) is 11.5 Å². The van der Waals surface area contributed by atoms with E-state index in [1.54, 1.807) is 48.5 Å². The van der Waals surface area contributed by atoms with Gasteiger partial charge in [0.05, 0.1) is 24.8 Å². The monoisotopic (exact) mass is 399 g/mol. The lowest BCUT2D eigenvalue weighted by molar-refractivity contribution is -0.142. The standard InChI is InChI=1S/C20H17NO6S/c1-25-16-10-13(8-9-15(16)27-12-18(22)26-2)11-17-19(23)21(20(24)28-17)14-6-4-3-5-7-14/h3-11H,12H2,1-2H3/b17-11-. The van der Waals surface area contributed by atoms with Gasteiger partial charge in [-0.1, -0.05) is 24.3 Å². The van der Waals surface area contributed by atoms with E-state index in [2.05, 4.69) is 4.74 Å². The Morgan fingerprint density at radius 1 is 1.07 bits per heavy atom. The molecule has 0 unspecified atom stereocenters. The second kappa shape index (κ2) is 8.62. The number of esters is 1. The fraction of sp³-hybridized carbons (Fsp3) is 0.150. The van der Waals surface area contributed by atoms with Crippen LogP contribution in [-0.2, 0) is 14.3 Å². The van der Waals surface area contributed by atoms with E-state index in [0.29, 0.717) is 27.7 Å². The fourth-order valence-corrected chi connectivity index (χ4v) is 3.35. The van der Waals surface area contributed by atoms with E-state index in [4.69, 9.17) is 9.47 Å². The Balaban J connectivity index is 1.82. The summed E-state index contributed by atoms with van der Waals surface area (Å²) >= 11 is 0.872. The number of rotatable bonds is 6. The van der Waals surface area contributed by atoms with Crippen LogP contribution >= 0.6 is 11.8 Å². The number of ether oxygens (including phenoxy) is 3. The lowest BCUT2D eigenvalue weighted by Crippen LogP contribution is -2.27. The van der Waals surface area contributed by atoms with Crippen molar-refractivity contribution in [1.82, 2.24) is 0 Å². The molecule has 0 spiro atoms. The molecular weight excluding hydrogens is 382 g/mol. The van der Waals surface area contributed by atoms with Crippen LogP contribution in [0.5, 0.6) is 11.5 Å². The second-order valence-electron chi connectivity index (χ2n) is 5.63. The van der Waals surface area contributed by atoms with Gasteiger partial charge in [0, 0.05) is 0 Å². The molecule has 0 aliphatic carbocycles. The molecule has 0 saturated carbocycles. The third-order valence-electron chi connectivity index (χ3n) is 3.87. The van der Waals surface area contributed by atoms with Gasteiger partial charge in [0.15, 0.2) is 18.1 Å². The summed E-state index contributed by atoms with van der Waals surface area (Å²) in [4.78, 5) is 37.6. The number of para-hydroxylation sites is 1. The number of hydrogen-bond acceptors (Lipinski definition) is 7. The Hall–Kier alpha value is -3.26. The second-order valence-corrected chi connectivity index (χ2v) is 6.62. The first-order valence-electron chi connectivity index (χ1n) is 8.24. The molecule has 2 aromatic carbocycles. The summed E-state index contributed by atoms with van der Waals surface area (Å²) in [5, 5.41) is -0.354. The van der Waals surface area contributed by atoms with Gasteiger partial charge in [0.25, 0.3) is 11.1 Å². The average Bonchev–Trinajstić information content (AvgIpc) is 3.00. The van der Waals surface area contributed by atoms with Crippen molar-refractivity contribution in [3.05, 3.63) is 59.0 Å². The molecule has 2 aromatic rings. The van der Waals surface area contributed by atoms with Gasteiger partial charge >= 0.3 is 5.97 Å². The van der Waals surface area contributed by atoms with Gasteiger partial charge in [0.2, 0.25) is 0 Å². The molecule has 0 radical (unpaired) electrons. The van der Waals surface area contributed by atoms with Gasteiger partial charge in [-0.3, -0.25) is 9.59 Å². The predicted molar refractivity (Wildman–Crippen MR) is 105 cm³/mol. The molecular formula is C20H17NO6S. The molecule has 1 fully saturated rings. The normalized spacial score (nSPS) is 15.1. The summed E-state index contributed by atoms with van der Waals surface area (Å²) in [6.07, 6.45) is 1.61. The third kappa shape index (κ3) is 4.17. The number of amides is 2. The Morgan fingerprint density at radius 2 is 1.82 bits per heavy atom.